The molecular weight excluding hydrogens is 829 g/mol. The largest absolute Gasteiger partial charge is 0.462 e. The van der Waals surface area contributed by atoms with Crippen LogP contribution in [0, 0.1) is 11.8 Å². The molecule has 0 aliphatic rings. The Morgan fingerprint density at radius 1 is 0.284 bits per heavy atom. The Morgan fingerprint density at radius 3 is 0.731 bits per heavy atom. The fraction of sp³-hybridized carbons (Fsp3) is 0.951. The van der Waals surface area contributed by atoms with Crippen LogP contribution in [-0.2, 0) is 28.6 Å². The van der Waals surface area contributed by atoms with E-state index < -0.39 is 6.10 Å². The zero-order valence-electron chi connectivity index (χ0n) is 46.0. The molecule has 0 bridgehead atoms. The molecule has 0 saturated carbocycles. The Morgan fingerprint density at radius 2 is 0.493 bits per heavy atom. The summed E-state index contributed by atoms with van der Waals surface area (Å²) in [6.07, 6.45) is 58.1. The smallest absolute Gasteiger partial charge is 0.306 e. The van der Waals surface area contributed by atoms with E-state index in [4.69, 9.17) is 14.2 Å². The monoisotopic (exact) mass is 947 g/mol. The predicted molar refractivity (Wildman–Crippen MR) is 289 cm³/mol. The van der Waals surface area contributed by atoms with Gasteiger partial charge in [0.05, 0.1) is 0 Å². The summed E-state index contributed by atoms with van der Waals surface area (Å²) < 4.78 is 16.9. The lowest BCUT2D eigenvalue weighted by molar-refractivity contribution is -0.167. The van der Waals surface area contributed by atoms with Crippen LogP contribution in [0.5, 0.6) is 0 Å². The predicted octanol–water partition coefficient (Wildman–Crippen LogP) is 20.0. The van der Waals surface area contributed by atoms with Gasteiger partial charge in [-0.05, 0) is 31.1 Å². The van der Waals surface area contributed by atoms with Crippen LogP contribution in [0.2, 0.25) is 0 Å². The van der Waals surface area contributed by atoms with Crippen LogP contribution < -0.4 is 0 Å². The van der Waals surface area contributed by atoms with E-state index in [-0.39, 0.29) is 31.1 Å². The molecule has 0 amide bonds. The minimum absolute atomic E-state index is 0.0623. The number of hydrogen-bond acceptors (Lipinski definition) is 6. The number of hydrogen-bond donors (Lipinski definition) is 0. The van der Waals surface area contributed by atoms with Crippen molar-refractivity contribution in [2.45, 2.75) is 349 Å². The first-order valence-electron chi connectivity index (χ1n) is 30.2. The van der Waals surface area contributed by atoms with Crippen LogP contribution in [0.4, 0.5) is 0 Å². The van der Waals surface area contributed by atoms with Crippen molar-refractivity contribution in [1.82, 2.24) is 0 Å². The van der Waals surface area contributed by atoms with E-state index in [0.717, 1.165) is 69.6 Å². The van der Waals surface area contributed by atoms with E-state index in [0.29, 0.717) is 19.3 Å². The molecule has 0 aromatic carbocycles. The van der Waals surface area contributed by atoms with Gasteiger partial charge >= 0.3 is 17.9 Å². The highest BCUT2D eigenvalue weighted by atomic mass is 16.6. The van der Waals surface area contributed by atoms with Gasteiger partial charge in [0.15, 0.2) is 6.10 Å². The van der Waals surface area contributed by atoms with Crippen molar-refractivity contribution in [1.29, 1.82) is 0 Å². The Kier molecular flexibility index (Phi) is 52.5. The van der Waals surface area contributed by atoms with Crippen molar-refractivity contribution >= 4 is 17.9 Å². The maximum atomic E-state index is 12.9. The third-order valence-corrected chi connectivity index (χ3v) is 14.0. The Bertz CT molecular complexity index is 1020. The van der Waals surface area contributed by atoms with Crippen molar-refractivity contribution in [3.05, 3.63) is 0 Å². The van der Waals surface area contributed by atoms with E-state index in [2.05, 4.69) is 34.6 Å². The second-order valence-electron chi connectivity index (χ2n) is 21.9. The molecule has 0 aromatic rings. The van der Waals surface area contributed by atoms with Gasteiger partial charge in [0.25, 0.3) is 0 Å². The van der Waals surface area contributed by atoms with Gasteiger partial charge in [-0.15, -0.1) is 0 Å². The number of carbonyl (C=O) groups is 3. The third-order valence-electron chi connectivity index (χ3n) is 14.0. The molecule has 0 unspecified atom stereocenters. The maximum absolute atomic E-state index is 12.9. The van der Waals surface area contributed by atoms with Crippen LogP contribution in [0.1, 0.15) is 343 Å². The quantitative estimate of drug-likeness (QED) is 0.0343. The van der Waals surface area contributed by atoms with Gasteiger partial charge in [-0.3, -0.25) is 14.4 Å². The van der Waals surface area contributed by atoms with Gasteiger partial charge in [0.1, 0.15) is 13.2 Å². The lowest BCUT2D eigenvalue weighted by Gasteiger charge is -2.18. The lowest BCUT2D eigenvalue weighted by Crippen LogP contribution is -2.30. The highest BCUT2D eigenvalue weighted by Gasteiger charge is 2.19. The second kappa shape index (κ2) is 53.8. The molecule has 0 rings (SSSR count). The standard InChI is InChI=1S/C61H118O6/c1-6-7-8-9-10-11-12-13-14-18-21-26-31-36-41-46-51-59(62)65-54-58(55-66-60(63)52-47-42-37-32-28-23-25-30-35-40-45-50-57(4)5)67-61(64)53-48-43-38-33-27-22-19-16-15-17-20-24-29-34-39-44-49-56(2)3/h56-58H,6-55H2,1-5H3/t58-/m1/s1. The zero-order chi connectivity index (χ0) is 48.9. The highest BCUT2D eigenvalue weighted by Crippen LogP contribution is 2.18. The Labute approximate surface area is 418 Å². The number of rotatable bonds is 55. The highest BCUT2D eigenvalue weighted by molar-refractivity contribution is 5.71. The molecule has 0 saturated heterocycles. The van der Waals surface area contributed by atoms with Crippen molar-refractivity contribution < 1.29 is 28.6 Å². The van der Waals surface area contributed by atoms with Crippen molar-refractivity contribution in [2.75, 3.05) is 13.2 Å². The maximum Gasteiger partial charge on any atom is 0.306 e. The molecule has 0 heterocycles. The Balaban J connectivity index is 4.29. The van der Waals surface area contributed by atoms with Crippen LogP contribution in [0.3, 0.4) is 0 Å². The molecule has 6 heteroatoms. The second-order valence-corrected chi connectivity index (χ2v) is 21.9. The molecule has 0 spiro atoms. The third kappa shape index (κ3) is 55.2. The number of esters is 3. The molecule has 398 valence electrons. The summed E-state index contributed by atoms with van der Waals surface area (Å²) in [5.74, 6) is 0.843. The molecular formula is C61H118O6. The first-order chi connectivity index (χ1) is 32.7. The fourth-order valence-electron chi connectivity index (χ4n) is 9.40. The summed E-state index contributed by atoms with van der Waals surface area (Å²) in [5.41, 5.74) is 0. The van der Waals surface area contributed by atoms with E-state index in [9.17, 15) is 14.4 Å². The van der Waals surface area contributed by atoms with Gasteiger partial charge in [-0.1, -0.05) is 304 Å². The van der Waals surface area contributed by atoms with Crippen LogP contribution >= 0.6 is 0 Å². The van der Waals surface area contributed by atoms with Gasteiger partial charge in [0, 0.05) is 19.3 Å². The van der Waals surface area contributed by atoms with Gasteiger partial charge < -0.3 is 14.2 Å². The molecule has 1 atom stereocenters. The van der Waals surface area contributed by atoms with Crippen LogP contribution in [0.15, 0.2) is 0 Å². The normalized spacial score (nSPS) is 12.0. The summed E-state index contributed by atoms with van der Waals surface area (Å²) in [6, 6.07) is 0. The van der Waals surface area contributed by atoms with E-state index in [1.807, 2.05) is 0 Å². The molecule has 0 N–H and O–H groups in total. The SMILES string of the molecule is CCCCCCCCCCCCCCCCCCC(=O)OC[C@H](COC(=O)CCCCCCCCCCCCCC(C)C)OC(=O)CCCCCCCCCCCCCCCCCCC(C)C. The topological polar surface area (TPSA) is 78.9 Å². The molecule has 0 fully saturated rings. The lowest BCUT2D eigenvalue weighted by atomic mass is 10.0. The molecule has 6 nitrogen and oxygen atoms in total. The summed E-state index contributed by atoms with van der Waals surface area (Å²) in [5, 5.41) is 0. The summed E-state index contributed by atoms with van der Waals surface area (Å²) in [6.45, 7) is 11.4. The minimum Gasteiger partial charge on any atom is -0.462 e. The van der Waals surface area contributed by atoms with Gasteiger partial charge in [-0.2, -0.15) is 0 Å². The van der Waals surface area contributed by atoms with Crippen molar-refractivity contribution in [3.63, 3.8) is 0 Å². The fourth-order valence-corrected chi connectivity index (χ4v) is 9.40. The number of unbranched alkanes of at least 4 members (excludes halogenated alkanes) is 40. The van der Waals surface area contributed by atoms with Crippen molar-refractivity contribution in [2.24, 2.45) is 11.8 Å². The minimum atomic E-state index is -0.763. The molecule has 0 aromatic heterocycles. The van der Waals surface area contributed by atoms with E-state index >= 15 is 0 Å². The summed E-state index contributed by atoms with van der Waals surface area (Å²) in [7, 11) is 0. The average Bonchev–Trinajstić information content (AvgIpc) is 3.30. The van der Waals surface area contributed by atoms with Crippen LogP contribution in [0.25, 0.3) is 0 Å². The molecule has 0 aliphatic heterocycles. The molecule has 67 heavy (non-hydrogen) atoms. The van der Waals surface area contributed by atoms with E-state index in [1.165, 1.54) is 231 Å². The Hall–Kier alpha value is -1.59. The summed E-state index contributed by atoms with van der Waals surface area (Å²) in [4.78, 5) is 38.2. The zero-order valence-corrected chi connectivity index (χ0v) is 46.0. The van der Waals surface area contributed by atoms with Gasteiger partial charge in [-0.25, -0.2) is 0 Å². The number of carbonyl (C=O) groups excluding carboxylic acids is 3. The number of ether oxygens (including phenoxy) is 3. The van der Waals surface area contributed by atoms with Crippen LogP contribution in [-0.4, -0.2) is 37.2 Å². The van der Waals surface area contributed by atoms with Crippen molar-refractivity contribution in [3.8, 4) is 0 Å². The first kappa shape index (κ1) is 65.4. The van der Waals surface area contributed by atoms with Gasteiger partial charge in [0.2, 0.25) is 0 Å². The summed E-state index contributed by atoms with van der Waals surface area (Å²) >= 11 is 0. The molecule has 0 aliphatic carbocycles. The first-order valence-corrected chi connectivity index (χ1v) is 30.2. The average molecular weight is 948 g/mol. The molecule has 0 radical (unpaired) electrons. The van der Waals surface area contributed by atoms with E-state index in [1.54, 1.807) is 0 Å².